The number of rotatable bonds is 5. The molecule has 0 saturated carbocycles. The van der Waals surface area contributed by atoms with E-state index in [1.165, 1.54) is 11.1 Å². The molecule has 4 rings (SSSR count). The van der Waals surface area contributed by atoms with E-state index in [1.54, 1.807) is 0 Å². The van der Waals surface area contributed by atoms with Crippen LogP contribution in [0.2, 0.25) is 0 Å². The van der Waals surface area contributed by atoms with Gasteiger partial charge in [0, 0.05) is 24.8 Å². The summed E-state index contributed by atoms with van der Waals surface area (Å²) in [5.41, 5.74) is 2.47. The number of aromatic nitrogens is 4. The normalized spacial score (nSPS) is 13.5. The first-order valence-electron chi connectivity index (χ1n) is 7.98. The average molecular weight is 314 g/mol. The number of hydrogen-bond donors (Lipinski definition) is 0. The highest BCUT2D eigenvalue weighted by Gasteiger charge is 2.27. The van der Waals surface area contributed by atoms with Gasteiger partial charge in [-0.1, -0.05) is 60.7 Å². The number of benzene rings is 2. The van der Waals surface area contributed by atoms with E-state index in [0.717, 1.165) is 0 Å². The maximum absolute atomic E-state index is 4.26. The van der Waals surface area contributed by atoms with Crippen LogP contribution in [0.1, 0.15) is 23.2 Å². The van der Waals surface area contributed by atoms with Crippen molar-refractivity contribution in [1.82, 2.24) is 19.1 Å². The van der Waals surface area contributed by atoms with Crippen molar-refractivity contribution < 1.29 is 0 Å². The summed E-state index contributed by atoms with van der Waals surface area (Å²) in [6.07, 6.45) is 11.4. The van der Waals surface area contributed by atoms with Crippen LogP contribution in [0, 0.1) is 0 Å². The molecule has 4 aromatic rings. The minimum atomic E-state index is 0.0882. The summed E-state index contributed by atoms with van der Waals surface area (Å²) in [6, 6.07) is 21.2. The Bertz CT molecular complexity index is 777. The van der Waals surface area contributed by atoms with Gasteiger partial charge in [-0.2, -0.15) is 0 Å². The van der Waals surface area contributed by atoms with Gasteiger partial charge >= 0.3 is 0 Å². The molecule has 4 heteroatoms. The third-order valence-corrected chi connectivity index (χ3v) is 4.27. The lowest BCUT2D eigenvalue weighted by atomic mass is 9.93. The molecular formula is C20H18N4. The molecule has 0 N–H and O–H groups in total. The molecule has 0 aliphatic rings. The second kappa shape index (κ2) is 6.54. The van der Waals surface area contributed by atoms with Crippen molar-refractivity contribution in [3.8, 4) is 0 Å². The predicted octanol–water partition coefficient (Wildman–Crippen LogP) is 3.96. The molecule has 0 unspecified atom stereocenters. The van der Waals surface area contributed by atoms with Crippen LogP contribution in [0.3, 0.4) is 0 Å². The molecule has 2 aromatic heterocycles. The van der Waals surface area contributed by atoms with E-state index in [9.17, 15) is 0 Å². The molecule has 0 amide bonds. The fourth-order valence-corrected chi connectivity index (χ4v) is 3.20. The Morgan fingerprint density at radius 2 is 1.00 bits per heavy atom. The van der Waals surface area contributed by atoms with Crippen molar-refractivity contribution in [2.75, 3.05) is 0 Å². The summed E-state index contributed by atoms with van der Waals surface area (Å²) in [4.78, 5) is 8.53. The molecule has 0 spiro atoms. The topological polar surface area (TPSA) is 35.6 Å². The van der Waals surface area contributed by atoms with Crippen LogP contribution < -0.4 is 0 Å². The number of imidazole rings is 2. The Labute approximate surface area is 141 Å². The third-order valence-electron chi connectivity index (χ3n) is 4.27. The van der Waals surface area contributed by atoms with Gasteiger partial charge in [-0.25, -0.2) is 9.97 Å². The fraction of sp³-hybridized carbons (Fsp3) is 0.100. The van der Waals surface area contributed by atoms with Crippen molar-refractivity contribution in [1.29, 1.82) is 0 Å². The van der Waals surface area contributed by atoms with E-state index >= 15 is 0 Å². The van der Waals surface area contributed by atoms with Crippen molar-refractivity contribution in [2.24, 2.45) is 0 Å². The summed E-state index contributed by atoms with van der Waals surface area (Å²) in [7, 11) is 0. The molecule has 24 heavy (non-hydrogen) atoms. The van der Waals surface area contributed by atoms with Crippen molar-refractivity contribution >= 4 is 0 Å². The Morgan fingerprint density at radius 3 is 1.33 bits per heavy atom. The summed E-state index contributed by atoms with van der Waals surface area (Å²) in [5, 5.41) is 0. The Balaban J connectivity index is 1.90. The van der Waals surface area contributed by atoms with E-state index in [1.807, 2.05) is 49.6 Å². The number of nitrogens with zero attached hydrogens (tertiary/aromatic N) is 4. The van der Waals surface area contributed by atoms with Crippen molar-refractivity contribution in [3.63, 3.8) is 0 Å². The van der Waals surface area contributed by atoms with Crippen molar-refractivity contribution in [3.05, 3.63) is 109 Å². The lowest BCUT2D eigenvalue weighted by molar-refractivity contribution is 0.421. The maximum Gasteiger partial charge on any atom is 0.0952 e. The van der Waals surface area contributed by atoms with Gasteiger partial charge in [0.25, 0.3) is 0 Å². The molecule has 0 aliphatic carbocycles. The molecule has 118 valence electrons. The minimum absolute atomic E-state index is 0.0882. The van der Waals surface area contributed by atoms with E-state index < -0.39 is 0 Å². The van der Waals surface area contributed by atoms with E-state index in [4.69, 9.17) is 0 Å². The molecule has 0 bridgehead atoms. The molecule has 0 saturated heterocycles. The molecule has 2 aromatic carbocycles. The van der Waals surface area contributed by atoms with Crippen LogP contribution >= 0.6 is 0 Å². The van der Waals surface area contributed by atoms with Gasteiger partial charge in [0.05, 0.1) is 24.7 Å². The molecule has 2 atom stereocenters. The zero-order valence-corrected chi connectivity index (χ0v) is 13.2. The summed E-state index contributed by atoms with van der Waals surface area (Å²) < 4.78 is 4.32. The predicted molar refractivity (Wildman–Crippen MR) is 93.6 cm³/mol. The van der Waals surface area contributed by atoms with Crippen LogP contribution in [0.4, 0.5) is 0 Å². The van der Waals surface area contributed by atoms with Gasteiger partial charge in [-0.15, -0.1) is 0 Å². The largest absolute Gasteiger partial charge is 0.328 e. The Kier molecular flexibility index (Phi) is 3.94. The van der Waals surface area contributed by atoms with E-state index in [2.05, 4.69) is 67.6 Å². The van der Waals surface area contributed by atoms with Gasteiger partial charge < -0.3 is 9.13 Å². The van der Waals surface area contributed by atoms with Crippen LogP contribution in [0.25, 0.3) is 0 Å². The van der Waals surface area contributed by atoms with Gasteiger partial charge in [0.15, 0.2) is 0 Å². The third kappa shape index (κ3) is 2.74. The molecule has 0 radical (unpaired) electrons. The first-order valence-corrected chi connectivity index (χ1v) is 7.98. The highest BCUT2D eigenvalue weighted by atomic mass is 15.1. The Hall–Kier alpha value is -3.14. The standard InChI is InChI=1S/C20H18N4/c1-3-7-17(8-4-1)19(23-13-11-21-15-23)20(24-14-12-22-16-24)18-9-5-2-6-10-18/h1-16,19-20H/t19-,20-/m0/s1. The second-order valence-corrected chi connectivity index (χ2v) is 5.73. The SMILES string of the molecule is c1ccc([C@@H]([C@H](c2ccccc2)n2ccnc2)n2ccnc2)cc1. The van der Waals surface area contributed by atoms with Crippen LogP contribution in [-0.4, -0.2) is 19.1 Å². The highest BCUT2D eigenvalue weighted by molar-refractivity contribution is 5.29. The Morgan fingerprint density at radius 1 is 0.583 bits per heavy atom. The lowest BCUT2D eigenvalue weighted by Gasteiger charge is -2.30. The number of hydrogen-bond acceptors (Lipinski definition) is 2. The minimum Gasteiger partial charge on any atom is -0.328 e. The van der Waals surface area contributed by atoms with Crippen LogP contribution in [0.5, 0.6) is 0 Å². The fourth-order valence-electron chi connectivity index (χ4n) is 3.20. The van der Waals surface area contributed by atoms with Crippen molar-refractivity contribution in [2.45, 2.75) is 12.1 Å². The first-order chi connectivity index (χ1) is 11.9. The zero-order chi connectivity index (χ0) is 16.2. The highest BCUT2D eigenvalue weighted by Crippen LogP contribution is 2.35. The van der Waals surface area contributed by atoms with Crippen LogP contribution in [0.15, 0.2) is 98.1 Å². The monoisotopic (exact) mass is 314 g/mol. The van der Waals surface area contributed by atoms with Gasteiger partial charge in [0.2, 0.25) is 0 Å². The quantitative estimate of drug-likeness (QED) is 0.559. The van der Waals surface area contributed by atoms with E-state index in [0.29, 0.717) is 0 Å². The smallest absolute Gasteiger partial charge is 0.0952 e. The van der Waals surface area contributed by atoms with Crippen LogP contribution in [-0.2, 0) is 0 Å². The van der Waals surface area contributed by atoms with Gasteiger partial charge in [-0.05, 0) is 11.1 Å². The second-order valence-electron chi connectivity index (χ2n) is 5.73. The maximum atomic E-state index is 4.26. The summed E-state index contributed by atoms with van der Waals surface area (Å²) in [5.74, 6) is 0. The summed E-state index contributed by atoms with van der Waals surface area (Å²) in [6.45, 7) is 0. The summed E-state index contributed by atoms with van der Waals surface area (Å²) >= 11 is 0. The lowest BCUT2D eigenvalue weighted by Crippen LogP contribution is -2.23. The molecular weight excluding hydrogens is 296 g/mol. The van der Waals surface area contributed by atoms with Gasteiger partial charge in [-0.3, -0.25) is 0 Å². The molecule has 4 nitrogen and oxygen atoms in total. The zero-order valence-electron chi connectivity index (χ0n) is 13.2. The van der Waals surface area contributed by atoms with E-state index in [-0.39, 0.29) is 12.1 Å². The molecule has 0 aliphatic heterocycles. The molecule has 2 heterocycles. The van der Waals surface area contributed by atoms with Gasteiger partial charge in [0.1, 0.15) is 0 Å². The average Bonchev–Trinajstić information content (AvgIpc) is 3.35. The molecule has 0 fully saturated rings. The first kappa shape index (κ1) is 14.5.